The van der Waals surface area contributed by atoms with Crippen LogP contribution < -0.4 is 15.5 Å². The van der Waals surface area contributed by atoms with Crippen LogP contribution >= 0.6 is 0 Å². The van der Waals surface area contributed by atoms with Crippen LogP contribution in [0, 0.1) is 11.8 Å². The third-order valence-corrected chi connectivity index (χ3v) is 4.95. The second kappa shape index (κ2) is 10.1. The van der Waals surface area contributed by atoms with Crippen LogP contribution in [0.2, 0.25) is 0 Å². The maximum Gasteiger partial charge on any atom is 0.416 e. The monoisotopic (exact) mass is 414 g/mol. The number of aliphatic imine (C=N–C) groups is 1. The van der Waals surface area contributed by atoms with Crippen molar-refractivity contribution in [2.24, 2.45) is 4.99 Å². The molecule has 2 N–H and O–H groups in total. The Kier molecular flexibility index (Phi) is 7.23. The van der Waals surface area contributed by atoms with Crippen molar-refractivity contribution in [3.63, 3.8) is 0 Å². The van der Waals surface area contributed by atoms with Crippen LogP contribution in [0.25, 0.3) is 0 Å². The Labute approximate surface area is 175 Å². The molecule has 4 nitrogen and oxygen atoms in total. The van der Waals surface area contributed by atoms with Crippen molar-refractivity contribution in [1.29, 1.82) is 0 Å². The minimum Gasteiger partial charge on any atom is -0.371 e. The summed E-state index contributed by atoms with van der Waals surface area (Å²) in [7, 11) is 1.69. The lowest BCUT2D eigenvalue weighted by Gasteiger charge is -2.34. The third kappa shape index (κ3) is 6.18. The van der Waals surface area contributed by atoms with Crippen LogP contribution in [0.4, 0.5) is 18.9 Å². The Morgan fingerprint density at radius 1 is 1.10 bits per heavy atom. The predicted octanol–water partition coefficient (Wildman–Crippen LogP) is 3.89. The quantitative estimate of drug-likeness (QED) is 0.455. The highest BCUT2D eigenvalue weighted by atomic mass is 19.4. The molecule has 0 unspecified atom stereocenters. The Balaban J connectivity index is 1.46. The Morgan fingerprint density at radius 2 is 1.83 bits per heavy atom. The molecule has 0 spiro atoms. The first kappa shape index (κ1) is 21.6. The number of halogens is 3. The van der Waals surface area contributed by atoms with Gasteiger partial charge in [-0.25, -0.2) is 0 Å². The van der Waals surface area contributed by atoms with Gasteiger partial charge in [-0.2, -0.15) is 13.2 Å². The van der Waals surface area contributed by atoms with Crippen LogP contribution in [0.15, 0.2) is 59.6 Å². The Morgan fingerprint density at radius 3 is 2.50 bits per heavy atom. The van der Waals surface area contributed by atoms with E-state index in [1.807, 2.05) is 18.2 Å². The standard InChI is InChI=1S/C23H25F3N4/c1-27-22(28-14-6-8-18-7-5-9-19(17-18)23(24,25)26)29-20-12-15-30(16-13-20)21-10-3-2-4-11-21/h2-5,7,9-11,17,20H,12-16H2,1H3,(H2,27,28,29). The lowest BCUT2D eigenvalue weighted by molar-refractivity contribution is -0.137. The van der Waals surface area contributed by atoms with Crippen LogP contribution in [-0.2, 0) is 6.18 Å². The molecule has 0 aliphatic carbocycles. The molecule has 1 heterocycles. The highest BCUT2D eigenvalue weighted by Gasteiger charge is 2.30. The normalized spacial score (nSPS) is 15.3. The molecule has 1 aliphatic heterocycles. The molecule has 0 aromatic heterocycles. The number of guanidine groups is 1. The fourth-order valence-electron chi connectivity index (χ4n) is 3.36. The van der Waals surface area contributed by atoms with Gasteiger partial charge in [-0.3, -0.25) is 4.99 Å². The number of piperidine rings is 1. The minimum atomic E-state index is -4.36. The summed E-state index contributed by atoms with van der Waals surface area (Å²) in [6.07, 6.45) is -2.38. The number of hydrogen-bond acceptors (Lipinski definition) is 2. The van der Waals surface area contributed by atoms with Gasteiger partial charge in [0.1, 0.15) is 0 Å². The van der Waals surface area contributed by atoms with E-state index >= 15 is 0 Å². The Bertz CT molecular complexity index is 905. The van der Waals surface area contributed by atoms with Crippen LogP contribution in [0.1, 0.15) is 24.0 Å². The minimum absolute atomic E-state index is 0.290. The fraction of sp³-hybridized carbons (Fsp3) is 0.348. The molecule has 0 radical (unpaired) electrons. The van der Waals surface area contributed by atoms with E-state index in [0.29, 0.717) is 24.1 Å². The van der Waals surface area contributed by atoms with Crippen molar-refractivity contribution in [1.82, 2.24) is 10.6 Å². The molecule has 30 heavy (non-hydrogen) atoms. The molecule has 0 amide bonds. The van der Waals surface area contributed by atoms with Gasteiger partial charge in [-0.1, -0.05) is 36.1 Å². The lowest BCUT2D eigenvalue weighted by atomic mass is 10.0. The van der Waals surface area contributed by atoms with Gasteiger partial charge in [0.25, 0.3) is 0 Å². The number of nitrogens with zero attached hydrogens (tertiary/aromatic N) is 2. The van der Waals surface area contributed by atoms with Gasteiger partial charge < -0.3 is 15.5 Å². The van der Waals surface area contributed by atoms with E-state index in [1.165, 1.54) is 11.8 Å². The third-order valence-electron chi connectivity index (χ3n) is 4.95. The van der Waals surface area contributed by atoms with Gasteiger partial charge in [0.15, 0.2) is 5.96 Å². The predicted molar refractivity (Wildman–Crippen MR) is 114 cm³/mol. The SMILES string of the molecule is CN=C(NCC#Cc1cccc(C(F)(F)F)c1)NC1CCN(c2ccccc2)CC1. The number of alkyl halides is 3. The summed E-state index contributed by atoms with van der Waals surface area (Å²) >= 11 is 0. The molecule has 2 aromatic carbocycles. The van der Waals surface area contributed by atoms with Crippen LogP contribution in [0.5, 0.6) is 0 Å². The number of nitrogens with one attached hydrogen (secondary N) is 2. The fourth-order valence-corrected chi connectivity index (χ4v) is 3.36. The van der Waals surface area contributed by atoms with E-state index in [9.17, 15) is 13.2 Å². The molecule has 0 saturated carbocycles. The number of para-hydroxylation sites is 1. The zero-order valence-electron chi connectivity index (χ0n) is 16.8. The van der Waals surface area contributed by atoms with Gasteiger partial charge in [-0.05, 0) is 43.2 Å². The van der Waals surface area contributed by atoms with Gasteiger partial charge in [0.2, 0.25) is 0 Å². The summed E-state index contributed by atoms with van der Waals surface area (Å²) in [5, 5.41) is 6.51. The van der Waals surface area contributed by atoms with E-state index in [4.69, 9.17) is 0 Å². The highest BCUT2D eigenvalue weighted by Crippen LogP contribution is 2.29. The zero-order valence-corrected chi connectivity index (χ0v) is 16.8. The number of anilines is 1. The lowest BCUT2D eigenvalue weighted by Crippen LogP contribution is -2.48. The molecule has 158 valence electrons. The van der Waals surface area contributed by atoms with Gasteiger partial charge in [-0.15, -0.1) is 0 Å². The van der Waals surface area contributed by atoms with Crippen molar-refractivity contribution in [2.75, 3.05) is 31.6 Å². The summed E-state index contributed by atoms with van der Waals surface area (Å²) in [6, 6.07) is 15.7. The van der Waals surface area contributed by atoms with Gasteiger partial charge in [0, 0.05) is 37.4 Å². The van der Waals surface area contributed by atoms with E-state index in [-0.39, 0.29) is 0 Å². The summed E-state index contributed by atoms with van der Waals surface area (Å²) in [5.41, 5.74) is 0.882. The van der Waals surface area contributed by atoms with Crippen LogP contribution in [-0.4, -0.2) is 38.7 Å². The molecule has 0 bridgehead atoms. The van der Waals surface area contributed by atoms with E-state index in [2.05, 4.69) is 44.5 Å². The van der Waals surface area contributed by atoms with Crippen molar-refractivity contribution >= 4 is 11.6 Å². The summed E-state index contributed by atoms with van der Waals surface area (Å²) < 4.78 is 38.3. The second-order valence-electron chi connectivity index (χ2n) is 7.05. The van der Waals surface area contributed by atoms with E-state index < -0.39 is 11.7 Å². The van der Waals surface area contributed by atoms with Crippen molar-refractivity contribution in [3.05, 3.63) is 65.7 Å². The number of hydrogen-bond donors (Lipinski definition) is 2. The summed E-state index contributed by atoms with van der Waals surface area (Å²) in [4.78, 5) is 6.58. The first-order chi connectivity index (χ1) is 14.5. The first-order valence-electron chi connectivity index (χ1n) is 9.89. The average Bonchev–Trinajstić information content (AvgIpc) is 2.76. The second-order valence-corrected chi connectivity index (χ2v) is 7.05. The molecular formula is C23H25F3N4. The van der Waals surface area contributed by atoms with E-state index in [0.717, 1.165) is 38.1 Å². The molecule has 1 fully saturated rings. The highest BCUT2D eigenvalue weighted by molar-refractivity contribution is 5.80. The topological polar surface area (TPSA) is 39.7 Å². The Hall–Kier alpha value is -3.14. The van der Waals surface area contributed by atoms with Crippen molar-refractivity contribution < 1.29 is 13.2 Å². The summed E-state index contributed by atoms with van der Waals surface area (Å²) in [6.45, 7) is 2.22. The van der Waals surface area contributed by atoms with Gasteiger partial charge >= 0.3 is 6.18 Å². The zero-order chi connectivity index (χ0) is 21.4. The first-order valence-corrected chi connectivity index (χ1v) is 9.89. The van der Waals surface area contributed by atoms with Crippen molar-refractivity contribution in [3.8, 4) is 11.8 Å². The molecular weight excluding hydrogens is 389 g/mol. The molecule has 0 atom stereocenters. The number of rotatable bonds is 3. The van der Waals surface area contributed by atoms with Gasteiger partial charge in [0.05, 0.1) is 12.1 Å². The molecule has 2 aromatic rings. The van der Waals surface area contributed by atoms with Crippen molar-refractivity contribution in [2.45, 2.75) is 25.1 Å². The maximum absolute atomic E-state index is 12.8. The summed E-state index contributed by atoms with van der Waals surface area (Å²) in [5.74, 6) is 6.26. The largest absolute Gasteiger partial charge is 0.416 e. The molecule has 1 saturated heterocycles. The average molecular weight is 414 g/mol. The maximum atomic E-state index is 12.8. The molecule has 1 aliphatic rings. The molecule has 7 heteroatoms. The number of benzene rings is 2. The van der Waals surface area contributed by atoms with Crippen LogP contribution in [0.3, 0.4) is 0 Å². The smallest absolute Gasteiger partial charge is 0.371 e. The van der Waals surface area contributed by atoms with E-state index in [1.54, 1.807) is 13.1 Å². The molecule has 3 rings (SSSR count).